The van der Waals surface area contributed by atoms with E-state index in [0.29, 0.717) is 42.7 Å². The highest BCUT2D eigenvalue weighted by Gasteiger charge is 2.34. The van der Waals surface area contributed by atoms with Gasteiger partial charge in [-0.05, 0) is 31.0 Å². The Morgan fingerprint density at radius 2 is 2.07 bits per heavy atom. The van der Waals surface area contributed by atoms with Gasteiger partial charge in [0.2, 0.25) is 0 Å². The smallest absolute Gasteiger partial charge is 0.354 e. The van der Waals surface area contributed by atoms with Crippen LogP contribution in [0.5, 0.6) is 0 Å². The minimum atomic E-state index is -4.50. The van der Waals surface area contributed by atoms with Crippen LogP contribution < -0.4 is 4.90 Å². The number of hydrogen-bond acceptors (Lipinski definition) is 6. The lowest BCUT2D eigenvalue weighted by molar-refractivity contribution is -0.384. The zero-order valence-electron chi connectivity index (χ0n) is 15.5. The monoisotopic (exact) mass is 416 g/mol. The van der Waals surface area contributed by atoms with Crippen molar-refractivity contribution in [2.75, 3.05) is 18.0 Å². The lowest BCUT2D eigenvalue weighted by Crippen LogP contribution is -2.37. The number of benzene rings is 1. The Labute approximate surface area is 168 Å². The fourth-order valence-corrected chi connectivity index (χ4v) is 3.64. The molecule has 0 spiro atoms. The van der Waals surface area contributed by atoms with Gasteiger partial charge in [-0.25, -0.2) is 4.98 Å². The van der Waals surface area contributed by atoms with Gasteiger partial charge >= 0.3 is 6.18 Å². The lowest BCUT2D eigenvalue weighted by Gasteiger charge is -2.34. The molecule has 1 saturated heterocycles. The first-order valence-electron chi connectivity index (χ1n) is 9.13. The fourth-order valence-electron chi connectivity index (χ4n) is 3.64. The number of aromatic nitrogens is 3. The minimum Gasteiger partial charge on any atom is -0.354 e. The van der Waals surface area contributed by atoms with Gasteiger partial charge < -0.3 is 4.90 Å². The maximum Gasteiger partial charge on any atom is 0.435 e. The molecule has 0 aliphatic carbocycles. The van der Waals surface area contributed by atoms with Crippen LogP contribution >= 0.6 is 0 Å². The van der Waals surface area contributed by atoms with Crippen molar-refractivity contribution in [2.24, 2.45) is 0 Å². The highest BCUT2D eigenvalue weighted by atomic mass is 19.4. The summed E-state index contributed by atoms with van der Waals surface area (Å²) in [4.78, 5) is 16.9. The molecule has 154 valence electrons. The molecule has 30 heavy (non-hydrogen) atoms. The standard InChI is InChI=1S/C19H15F3N6O2/c20-19(21,22)17-5-7-27(25-17)14-2-1-6-26(11-14)18-8-12(10-23)15-9-13(28(29)30)3-4-16(15)24-18/h3-5,7-9,14H,1-2,6,11H2. The zero-order valence-corrected chi connectivity index (χ0v) is 15.5. The Morgan fingerprint density at radius 3 is 2.73 bits per heavy atom. The lowest BCUT2D eigenvalue weighted by atomic mass is 10.0. The van der Waals surface area contributed by atoms with Crippen LogP contribution in [0.25, 0.3) is 10.9 Å². The molecule has 0 N–H and O–H groups in total. The van der Waals surface area contributed by atoms with Crippen LogP contribution in [0.4, 0.5) is 24.7 Å². The molecule has 1 aliphatic heterocycles. The SMILES string of the molecule is N#Cc1cc(N2CCCC(n3ccc(C(F)(F)F)n3)C2)nc2ccc([N+](=O)[O-])cc12. The van der Waals surface area contributed by atoms with E-state index in [1.165, 1.54) is 29.1 Å². The molecule has 3 aromatic rings. The molecule has 8 nitrogen and oxygen atoms in total. The zero-order chi connectivity index (χ0) is 21.5. The third-order valence-electron chi connectivity index (χ3n) is 5.10. The van der Waals surface area contributed by atoms with E-state index in [0.717, 1.165) is 6.07 Å². The van der Waals surface area contributed by atoms with Crippen molar-refractivity contribution in [2.45, 2.75) is 25.1 Å². The number of alkyl halides is 3. The third-order valence-corrected chi connectivity index (χ3v) is 5.10. The van der Waals surface area contributed by atoms with Gasteiger partial charge in [-0.2, -0.15) is 23.5 Å². The van der Waals surface area contributed by atoms with Gasteiger partial charge in [-0.15, -0.1) is 0 Å². The summed E-state index contributed by atoms with van der Waals surface area (Å²) in [6, 6.07) is 8.41. The molecule has 2 aromatic heterocycles. The average Bonchev–Trinajstić information content (AvgIpc) is 3.23. The molecular formula is C19H15F3N6O2. The van der Waals surface area contributed by atoms with Crippen molar-refractivity contribution >= 4 is 22.4 Å². The van der Waals surface area contributed by atoms with Crippen LogP contribution in [-0.4, -0.2) is 32.8 Å². The van der Waals surface area contributed by atoms with Gasteiger partial charge in [-0.1, -0.05) is 0 Å². The van der Waals surface area contributed by atoms with Crippen molar-refractivity contribution in [3.05, 3.63) is 57.9 Å². The molecule has 0 saturated carbocycles. The van der Waals surface area contributed by atoms with Gasteiger partial charge in [0, 0.05) is 36.8 Å². The molecular weight excluding hydrogens is 401 g/mol. The first-order valence-corrected chi connectivity index (χ1v) is 9.13. The average molecular weight is 416 g/mol. The molecule has 1 aliphatic rings. The predicted octanol–water partition coefficient (Wildman–Crippen LogP) is 4.07. The Balaban J connectivity index is 1.65. The second kappa shape index (κ2) is 7.29. The van der Waals surface area contributed by atoms with Gasteiger partial charge in [0.15, 0.2) is 5.69 Å². The maximum atomic E-state index is 12.9. The molecule has 1 atom stereocenters. The number of nitriles is 1. The van der Waals surface area contributed by atoms with Gasteiger partial charge in [0.1, 0.15) is 5.82 Å². The molecule has 3 heterocycles. The number of nitro groups is 1. The number of hydrogen-bond donors (Lipinski definition) is 0. The van der Waals surface area contributed by atoms with E-state index in [-0.39, 0.29) is 17.3 Å². The molecule has 1 fully saturated rings. The molecule has 11 heteroatoms. The van der Waals surface area contributed by atoms with Crippen molar-refractivity contribution in [1.82, 2.24) is 14.8 Å². The molecule has 4 rings (SSSR count). The van der Waals surface area contributed by atoms with Gasteiger partial charge in [0.25, 0.3) is 5.69 Å². The minimum absolute atomic E-state index is 0.134. The summed E-state index contributed by atoms with van der Waals surface area (Å²) >= 11 is 0. The summed E-state index contributed by atoms with van der Waals surface area (Å²) in [5.74, 6) is 0.501. The Kier molecular flexibility index (Phi) is 4.77. The van der Waals surface area contributed by atoms with Crippen LogP contribution in [0.15, 0.2) is 36.5 Å². The number of halogens is 3. The molecule has 1 aromatic carbocycles. The number of pyridine rings is 1. The normalized spacial score (nSPS) is 17.1. The van der Waals surface area contributed by atoms with Crippen molar-refractivity contribution in [3.63, 3.8) is 0 Å². The Bertz CT molecular complexity index is 1170. The topological polar surface area (TPSA) is 101 Å². The summed E-state index contributed by atoms with van der Waals surface area (Å²) in [5.41, 5.74) is -0.378. The summed E-state index contributed by atoms with van der Waals surface area (Å²) < 4.78 is 39.9. The van der Waals surface area contributed by atoms with E-state index in [1.807, 2.05) is 11.0 Å². The third kappa shape index (κ3) is 3.63. The summed E-state index contributed by atoms with van der Waals surface area (Å²) in [6.07, 6.45) is -1.79. The second-order valence-corrected chi connectivity index (χ2v) is 7.02. The largest absolute Gasteiger partial charge is 0.435 e. The first-order chi connectivity index (χ1) is 14.3. The number of fused-ring (bicyclic) bond motifs is 1. The van der Waals surface area contributed by atoms with Crippen LogP contribution in [0.1, 0.15) is 30.1 Å². The maximum absolute atomic E-state index is 12.9. The number of non-ortho nitro benzene ring substituents is 1. The van der Waals surface area contributed by atoms with E-state index in [1.54, 1.807) is 6.07 Å². The molecule has 0 bridgehead atoms. The number of nitrogens with zero attached hydrogens (tertiary/aromatic N) is 6. The van der Waals surface area contributed by atoms with Crippen LogP contribution in [-0.2, 0) is 6.18 Å². The predicted molar refractivity (Wildman–Crippen MR) is 101 cm³/mol. The number of nitro benzene ring substituents is 1. The number of rotatable bonds is 3. The van der Waals surface area contributed by atoms with E-state index >= 15 is 0 Å². The fraction of sp³-hybridized carbons (Fsp3) is 0.316. The summed E-state index contributed by atoms with van der Waals surface area (Å²) in [6.45, 7) is 1.01. The number of anilines is 1. The highest BCUT2D eigenvalue weighted by molar-refractivity contribution is 5.88. The van der Waals surface area contributed by atoms with Gasteiger partial charge in [0.05, 0.1) is 28.1 Å². The van der Waals surface area contributed by atoms with E-state index < -0.39 is 16.8 Å². The van der Waals surface area contributed by atoms with Crippen molar-refractivity contribution in [1.29, 1.82) is 5.26 Å². The summed E-state index contributed by atoms with van der Waals surface area (Å²) in [7, 11) is 0. The van der Waals surface area contributed by atoms with Crippen LogP contribution in [0, 0.1) is 21.4 Å². The Hall–Kier alpha value is -3.68. The van der Waals surface area contributed by atoms with Crippen molar-refractivity contribution in [3.8, 4) is 6.07 Å². The van der Waals surface area contributed by atoms with Gasteiger partial charge in [-0.3, -0.25) is 14.8 Å². The highest BCUT2D eigenvalue weighted by Crippen LogP contribution is 2.32. The second-order valence-electron chi connectivity index (χ2n) is 7.02. The number of piperidine rings is 1. The molecule has 1 unspecified atom stereocenters. The molecule has 0 amide bonds. The van der Waals surface area contributed by atoms with E-state index in [4.69, 9.17) is 0 Å². The van der Waals surface area contributed by atoms with Crippen LogP contribution in [0.2, 0.25) is 0 Å². The van der Waals surface area contributed by atoms with E-state index in [2.05, 4.69) is 10.1 Å². The first kappa shape index (κ1) is 19.6. The van der Waals surface area contributed by atoms with Crippen LogP contribution in [0.3, 0.4) is 0 Å². The summed E-state index contributed by atoms with van der Waals surface area (Å²) in [5, 5.41) is 24.6. The molecule has 0 radical (unpaired) electrons. The Morgan fingerprint density at radius 1 is 1.27 bits per heavy atom. The van der Waals surface area contributed by atoms with E-state index in [9.17, 15) is 28.5 Å². The quantitative estimate of drug-likeness (QED) is 0.471. The van der Waals surface area contributed by atoms with Crippen molar-refractivity contribution < 1.29 is 18.1 Å².